The predicted molar refractivity (Wildman–Crippen MR) is 124 cm³/mol. The highest BCUT2D eigenvalue weighted by Crippen LogP contribution is 2.36. The number of fused-ring (bicyclic) bond motifs is 1. The summed E-state index contributed by atoms with van der Waals surface area (Å²) in [6.45, 7) is 2.54. The van der Waals surface area contributed by atoms with Gasteiger partial charge < -0.3 is 14.4 Å². The van der Waals surface area contributed by atoms with Crippen LogP contribution in [-0.2, 0) is 19.4 Å². The van der Waals surface area contributed by atoms with Crippen molar-refractivity contribution in [2.75, 3.05) is 12.0 Å². The number of carbonyl (C=O) groups is 1. The van der Waals surface area contributed by atoms with E-state index >= 15 is 0 Å². The summed E-state index contributed by atoms with van der Waals surface area (Å²) in [5.74, 6) is 1.20. The van der Waals surface area contributed by atoms with Crippen LogP contribution >= 0.6 is 0 Å². The van der Waals surface area contributed by atoms with Gasteiger partial charge in [0.2, 0.25) is 0 Å². The Kier molecular flexibility index (Phi) is 6.42. The average molecular weight is 427 g/mol. The summed E-state index contributed by atoms with van der Waals surface area (Å²) in [6, 6.07) is 23.7. The SMILES string of the molecule is COc1ccc(N2Cc3ccc(CC#N)cc3C2=O)cc1OC(C)CCc1ccccc1. The minimum atomic E-state index is -0.0620. The van der Waals surface area contributed by atoms with Gasteiger partial charge in [-0.3, -0.25) is 4.79 Å². The van der Waals surface area contributed by atoms with Crippen molar-refractivity contribution in [2.24, 2.45) is 0 Å². The maximum absolute atomic E-state index is 13.1. The second-order valence-electron chi connectivity index (χ2n) is 8.01. The molecular weight excluding hydrogens is 400 g/mol. The standard InChI is InChI=1S/C27H26N2O3/c1-19(8-9-20-6-4-3-5-7-20)32-26-17-23(12-13-25(26)31-2)29-18-22-11-10-21(14-15-28)16-24(22)27(29)30/h3-7,10-13,16-17,19H,8-9,14,18H2,1-2H3. The summed E-state index contributed by atoms with van der Waals surface area (Å²) < 4.78 is 11.7. The normalized spacial score (nSPS) is 13.4. The quantitative estimate of drug-likeness (QED) is 0.489. The van der Waals surface area contributed by atoms with Crippen molar-refractivity contribution in [3.63, 3.8) is 0 Å². The number of aryl methyl sites for hydroxylation is 1. The molecule has 32 heavy (non-hydrogen) atoms. The topological polar surface area (TPSA) is 62.6 Å². The van der Waals surface area contributed by atoms with E-state index in [2.05, 4.69) is 18.2 Å². The van der Waals surface area contributed by atoms with E-state index in [-0.39, 0.29) is 12.0 Å². The zero-order valence-corrected chi connectivity index (χ0v) is 18.4. The Balaban J connectivity index is 1.50. The van der Waals surface area contributed by atoms with Crippen molar-refractivity contribution in [2.45, 2.75) is 38.8 Å². The van der Waals surface area contributed by atoms with E-state index in [0.29, 0.717) is 30.0 Å². The maximum Gasteiger partial charge on any atom is 0.258 e. The van der Waals surface area contributed by atoms with Gasteiger partial charge in [0.1, 0.15) is 0 Å². The lowest BCUT2D eigenvalue weighted by Crippen LogP contribution is -2.23. The van der Waals surface area contributed by atoms with Crippen LogP contribution < -0.4 is 14.4 Å². The fourth-order valence-corrected chi connectivity index (χ4v) is 3.97. The van der Waals surface area contributed by atoms with Crippen LogP contribution in [0.15, 0.2) is 66.7 Å². The van der Waals surface area contributed by atoms with Gasteiger partial charge in [0.25, 0.3) is 5.91 Å². The van der Waals surface area contributed by atoms with Gasteiger partial charge >= 0.3 is 0 Å². The predicted octanol–water partition coefficient (Wildman–Crippen LogP) is 5.32. The first-order valence-corrected chi connectivity index (χ1v) is 10.8. The molecule has 1 amide bonds. The highest BCUT2D eigenvalue weighted by Gasteiger charge is 2.29. The van der Waals surface area contributed by atoms with E-state index in [4.69, 9.17) is 14.7 Å². The molecule has 0 fully saturated rings. The second kappa shape index (κ2) is 9.57. The molecule has 162 valence electrons. The third-order valence-electron chi connectivity index (χ3n) is 5.73. The van der Waals surface area contributed by atoms with Crippen LogP contribution in [0.2, 0.25) is 0 Å². The Hall–Kier alpha value is -3.78. The van der Waals surface area contributed by atoms with Gasteiger partial charge in [-0.1, -0.05) is 42.5 Å². The summed E-state index contributed by atoms with van der Waals surface area (Å²) in [6.07, 6.45) is 2.07. The van der Waals surface area contributed by atoms with Gasteiger partial charge in [-0.2, -0.15) is 5.26 Å². The third-order valence-corrected chi connectivity index (χ3v) is 5.73. The second-order valence-corrected chi connectivity index (χ2v) is 8.01. The van der Waals surface area contributed by atoms with Gasteiger partial charge in [0.05, 0.1) is 32.2 Å². The van der Waals surface area contributed by atoms with Crippen LogP contribution in [0.5, 0.6) is 11.5 Å². The lowest BCUT2D eigenvalue weighted by Gasteiger charge is -2.21. The van der Waals surface area contributed by atoms with Crippen LogP contribution in [0, 0.1) is 11.3 Å². The Morgan fingerprint density at radius 3 is 2.59 bits per heavy atom. The third kappa shape index (κ3) is 4.60. The van der Waals surface area contributed by atoms with Crippen LogP contribution in [-0.4, -0.2) is 19.1 Å². The number of hydrogen-bond acceptors (Lipinski definition) is 4. The van der Waals surface area contributed by atoms with E-state index in [0.717, 1.165) is 29.7 Å². The van der Waals surface area contributed by atoms with Gasteiger partial charge in [0.15, 0.2) is 11.5 Å². The number of rotatable bonds is 8. The minimum absolute atomic E-state index is 0.0145. The molecule has 1 aliphatic heterocycles. The number of carbonyl (C=O) groups excluding carboxylic acids is 1. The van der Waals surface area contributed by atoms with Crippen LogP contribution in [0.25, 0.3) is 0 Å². The Morgan fingerprint density at radius 1 is 1.03 bits per heavy atom. The number of amides is 1. The van der Waals surface area contributed by atoms with Gasteiger partial charge in [-0.05, 0) is 54.7 Å². The summed E-state index contributed by atoms with van der Waals surface area (Å²) in [5.41, 5.74) is 4.52. The summed E-state index contributed by atoms with van der Waals surface area (Å²) in [7, 11) is 1.62. The Morgan fingerprint density at radius 2 is 1.84 bits per heavy atom. The molecule has 5 nitrogen and oxygen atoms in total. The van der Waals surface area contributed by atoms with E-state index in [1.807, 2.05) is 61.5 Å². The molecule has 0 aromatic heterocycles. The molecule has 0 spiro atoms. The molecule has 0 aliphatic carbocycles. The Labute approximate surface area is 188 Å². The van der Waals surface area contributed by atoms with Crippen molar-refractivity contribution >= 4 is 11.6 Å². The molecule has 0 saturated heterocycles. The molecule has 0 saturated carbocycles. The Bertz CT molecular complexity index is 1150. The first-order valence-electron chi connectivity index (χ1n) is 10.8. The number of hydrogen-bond donors (Lipinski definition) is 0. The molecule has 0 N–H and O–H groups in total. The summed E-state index contributed by atoms with van der Waals surface area (Å²) in [5, 5.41) is 8.95. The van der Waals surface area contributed by atoms with Crippen molar-refractivity contribution in [3.8, 4) is 17.6 Å². The molecule has 3 aromatic carbocycles. The van der Waals surface area contributed by atoms with E-state index < -0.39 is 0 Å². The monoisotopic (exact) mass is 426 g/mol. The number of nitrogens with zero attached hydrogens (tertiary/aromatic N) is 2. The van der Waals surface area contributed by atoms with Crippen LogP contribution in [0.4, 0.5) is 5.69 Å². The first-order chi connectivity index (χ1) is 15.6. The van der Waals surface area contributed by atoms with E-state index in [1.54, 1.807) is 12.0 Å². The summed E-state index contributed by atoms with van der Waals surface area (Å²) >= 11 is 0. The lowest BCUT2D eigenvalue weighted by atomic mass is 10.0. The highest BCUT2D eigenvalue weighted by molar-refractivity contribution is 6.10. The molecule has 1 unspecified atom stereocenters. The van der Waals surface area contributed by atoms with Gasteiger partial charge in [-0.15, -0.1) is 0 Å². The molecule has 3 aromatic rings. The maximum atomic E-state index is 13.1. The van der Waals surface area contributed by atoms with Gasteiger partial charge in [0, 0.05) is 17.3 Å². The first kappa shape index (κ1) is 21.5. The highest BCUT2D eigenvalue weighted by atomic mass is 16.5. The number of methoxy groups -OCH3 is 1. The number of nitriles is 1. The molecule has 4 rings (SSSR count). The number of anilines is 1. The van der Waals surface area contributed by atoms with Crippen molar-refractivity contribution in [3.05, 3.63) is 89.0 Å². The van der Waals surface area contributed by atoms with Crippen molar-refractivity contribution < 1.29 is 14.3 Å². The fraction of sp³-hybridized carbons (Fsp3) is 0.259. The molecule has 0 bridgehead atoms. The van der Waals surface area contributed by atoms with Crippen molar-refractivity contribution in [1.29, 1.82) is 5.26 Å². The van der Waals surface area contributed by atoms with E-state index in [9.17, 15) is 4.79 Å². The minimum Gasteiger partial charge on any atom is -0.493 e. The molecular formula is C27H26N2O3. The largest absolute Gasteiger partial charge is 0.493 e. The smallest absolute Gasteiger partial charge is 0.258 e. The average Bonchev–Trinajstić information content (AvgIpc) is 3.14. The molecule has 1 heterocycles. The molecule has 1 aliphatic rings. The number of ether oxygens (including phenoxy) is 2. The molecule has 5 heteroatoms. The van der Waals surface area contributed by atoms with Gasteiger partial charge in [-0.25, -0.2) is 0 Å². The lowest BCUT2D eigenvalue weighted by molar-refractivity contribution is 0.0996. The van der Waals surface area contributed by atoms with Crippen molar-refractivity contribution in [1.82, 2.24) is 0 Å². The molecule has 1 atom stereocenters. The zero-order valence-electron chi connectivity index (χ0n) is 18.4. The fourth-order valence-electron chi connectivity index (χ4n) is 3.97. The number of benzene rings is 3. The van der Waals surface area contributed by atoms with Crippen LogP contribution in [0.1, 0.15) is 40.4 Å². The summed E-state index contributed by atoms with van der Waals surface area (Å²) in [4.78, 5) is 14.8. The molecule has 0 radical (unpaired) electrons. The van der Waals surface area contributed by atoms with Crippen LogP contribution in [0.3, 0.4) is 0 Å². The van der Waals surface area contributed by atoms with E-state index in [1.165, 1.54) is 5.56 Å². The zero-order chi connectivity index (χ0) is 22.5.